The average Bonchev–Trinajstić information content (AvgIpc) is 2.91. The maximum atomic E-state index is 12.5. The maximum Gasteiger partial charge on any atom is 0.222 e. The monoisotopic (exact) mass is 286 g/mol. The molecular weight excluding hydrogens is 260 g/mol. The van der Waals surface area contributed by atoms with E-state index in [0.29, 0.717) is 24.8 Å². The van der Waals surface area contributed by atoms with Crippen LogP contribution in [0.25, 0.3) is 0 Å². The number of aryl methyl sites for hydroxylation is 1. The summed E-state index contributed by atoms with van der Waals surface area (Å²) in [5.74, 6) is 0.841. The number of carbonyl (C=O) groups excluding carboxylic acids is 1. The summed E-state index contributed by atoms with van der Waals surface area (Å²) < 4.78 is 0. The van der Waals surface area contributed by atoms with Crippen molar-refractivity contribution in [2.45, 2.75) is 39.0 Å². The molecule has 1 aliphatic heterocycles. The fraction of sp³-hybridized carbons (Fsp3) is 0.611. The van der Waals surface area contributed by atoms with Gasteiger partial charge in [-0.25, -0.2) is 0 Å². The quantitative estimate of drug-likeness (QED) is 0.927. The van der Waals surface area contributed by atoms with E-state index < -0.39 is 0 Å². The molecule has 2 aliphatic rings. The first-order valence-corrected chi connectivity index (χ1v) is 8.14. The molecule has 0 saturated carbocycles. The number of carbonyl (C=O) groups is 1. The Balaban J connectivity index is 1.57. The van der Waals surface area contributed by atoms with E-state index in [4.69, 9.17) is 5.73 Å². The number of nitrogens with two attached hydrogens (primary N) is 1. The third kappa shape index (κ3) is 3.13. The van der Waals surface area contributed by atoms with Crippen molar-refractivity contribution in [2.75, 3.05) is 19.6 Å². The zero-order valence-corrected chi connectivity index (χ0v) is 13.0. The van der Waals surface area contributed by atoms with E-state index in [-0.39, 0.29) is 5.41 Å². The van der Waals surface area contributed by atoms with Gasteiger partial charge in [-0.05, 0) is 54.7 Å². The van der Waals surface area contributed by atoms with Crippen molar-refractivity contribution in [2.24, 2.45) is 17.1 Å². The van der Waals surface area contributed by atoms with E-state index >= 15 is 0 Å². The predicted octanol–water partition coefficient (Wildman–Crippen LogP) is 2.38. The number of likely N-dealkylation sites (tertiary alicyclic amines) is 1. The van der Waals surface area contributed by atoms with E-state index in [1.165, 1.54) is 11.1 Å². The van der Waals surface area contributed by atoms with Crippen LogP contribution in [0, 0.1) is 11.3 Å². The molecule has 3 rings (SSSR count). The molecule has 114 valence electrons. The first-order valence-electron chi connectivity index (χ1n) is 8.14. The normalized spacial score (nSPS) is 28.5. The number of hydrogen-bond donors (Lipinski definition) is 1. The lowest BCUT2D eigenvalue weighted by atomic mass is 9.82. The molecule has 3 heteroatoms. The van der Waals surface area contributed by atoms with Crippen molar-refractivity contribution in [3.05, 3.63) is 35.4 Å². The fourth-order valence-corrected chi connectivity index (χ4v) is 3.73. The zero-order valence-electron chi connectivity index (χ0n) is 13.0. The molecule has 2 atom stereocenters. The molecular formula is C18H26N2O. The highest BCUT2D eigenvalue weighted by Gasteiger charge is 2.35. The van der Waals surface area contributed by atoms with Crippen LogP contribution in [0.1, 0.15) is 37.3 Å². The van der Waals surface area contributed by atoms with Gasteiger partial charge in [0.1, 0.15) is 0 Å². The molecule has 0 aromatic heterocycles. The molecule has 21 heavy (non-hydrogen) atoms. The number of rotatable bonds is 3. The molecule has 1 aliphatic carbocycles. The van der Waals surface area contributed by atoms with Crippen LogP contribution in [0.5, 0.6) is 0 Å². The second-order valence-electron chi connectivity index (χ2n) is 7.16. The standard InChI is InChI=1S/C18H26N2O/c1-18(12-19)8-9-20(13-18)17(21)11-14-6-7-15-4-2-3-5-16(15)10-14/h2-5,14H,6-13,19H2,1H3. The summed E-state index contributed by atoms with van der Waals surface area (Å²) in [6.45, 7) is 4.59. The van der Waals surface area contributed by atoms with E-state index in [2.05, 4.69) is 31.2 Å². The Hall–Kier alpha value is -1.35. The fourth-order valence-electron chi connectivity index (χ4n) is 3.73. The van der Waals surface area contributed by atoms with Gasteiger partial charge in [-0.2, -0.15) is 0 Å². The summed E-state index contributed by atoms with van der Waals surface area (Å²) in [5, 5.41) is 0. The molecule has 2 unspecified atom stereocenters. The Morgan fingerprint density at radius 1 is 1.38 bits per heavy atom. The highest BCUT2D eigenvalue weighted by molar-refractivity contribution is 5.77. The van der Waals surface area contributed by atoms with E-state index in [9.17, 15) is 4.79 Å². The third-order valence-corrected chi connectivity index (χ3v) is 5.32. The van der Waals surface area contributed by atoms with Crippen molar-refractivity contribution in [3.8, 4) is 0 Å². The minimum absolute atomic E-state index is 0.134. The van der Waals surface area contributed by atoms with Gasteiger partial charge in [0.15, 0.2) is 0 Å². The number of benzene rings is 1. The Morgan fingerprint density at radius 3 is 2.86 bits per heavy atom. The van der Waals surface area contributed by atoms with E-state index in [0.717, 1.165) is 38.8 Å². The minimum atomic E-state index is 0.134. The van der Waals surface area contributed by atoms with Gasteiger partial charge < -0.3 is 10.6 Å². The summed E-state index contributed by atoms with van der Waals surface area (Å²) in [6.07, 6.45) is 5.07. The van der Waals surface area contributed by atoms with Gasteiger partial charge in [0.05, 0.1) is 0 Å². The van der Waals surface area contributed by atoms with Gasteiger partial charge in [-0.15, -0.1) is 0 Å². The van der Waals surface area contributed by atoms with Gasteiger partial charge in [0, 0.05) is 19.5 Å². The van der Waals surface area contributed by atoms with Crippen LogP contribution in [-0.4, -0.2) is 30.4 Å². The largest absolute Gasteiger partial charge is 0.342 e. The molecule has 2 N–H and O–H groups in total. The number of fused-ring (bicyclic) bond motifs is 1. The second kappa shape index (κ2) is 5.80. The Morgan fingerprint density at radius 2 is 2.14 bits per heavy atom. The Bertz CT molecular complexity index is 528. The molecule has 1 aromatic rings. The van der Waals surface area contributed by atoms with Crippen LogP contribution < -0.4 is 5.73 Å². The highest BCUT2D eigenvalue weighted by atomic mass is 16.2. The van der Waals surface area contributed by atoms with E-state index in [1.54, 1.807) is 0 Å². The Labute approximate surface area is 127 Å². The van der Waals surface area contributed by atoms with Crippen LogP contribution >= 0.6 is 0 Å². The lowest BCUT2D eigenvalue weighted by Crippen LogP contribution is -2.35. The van der Waals surface area contributed by atoms with Crippen LogP contribution in [0.2, 0.25) is 0 Å². The molecule has 1 heterocycles. The number of nitrogens with zero attached hydrogens (tertiary/aromatic N) is 1. The molecule has 3 nitrogen and oxygen atoms in total. The van der Waals surface area contributed by atoms with Gasteiger partial charge in [-0.3, -0.25) is 4.79 Å². The first kappa shape index (κ1) is 14.6. The molecule has 1 fully saturated rings. The number of hydrogen-bond acceptors (Lipinski definition) is 2. The summed E-state index contributed by atoms with van der Waals surface area (Å²) in [7, 11) is 0. The molecule has 1 saturated heterocycles. The zero-order chi connectivity index (χ0) is 14.9. The van der Waals surface area contributed by atoms with Gasteiger partial charge in [0.25, 0.3) is 0 Å². The van der Waals surface area contributed by atoms with Gasteiger partial charge in [-0.1, -0.05) is 31.2 Å². The second-order valence-corrected chi connectivity index (χ2v) is 7.16. The van der Waals surface area contributed by atoms with Gasteiger partial charge in [0.2, 0.25) is 5.91 Å². The molecule has 0 spiro atoms. The summed E-state index contributed by atoms with van der Waals surface area (Å²) in [6, 6.07) is 8.66. The summed E-state index contributed by atoms with van der Waals surface area (Å²) in [5.41, 5.74) is 8.87. The lowest BCUT2D eigenvalue weighted by Gasteiger charge is -2.27. The SMILES string of the molecule is CC1(CN)CCN(C(=O)CC2CCc3ccccc3C2)C1. The van der Waals surface area contributed by atoms with Crippen molar-refractivity contribution in [1.82, 2.24) is 4.90 Å². The van der Waals surface area contributed by atoms with Crippen molar-refractivity contribution in [3.63, 3.8) is 0 Å². The van der Waals surface area contributed by atoms with Crippen LogP contribution in [-0.2, 0) is 17.6 Å². The molecule has 0 bridgehead atoms. The smallest absolute Gasteiger partial charge is 0.222 e. The van der Waals surface area contributed by atoms with Crippen molar-refractivity contribution >= 4 is 5.91 Å². The first-order chi connectivity index (χ1) is 10.1. The number of amides is 1. The lowest BCUT2D eigenvalue weighted by molar-refractivity contribution is -0.131. The molecule has 0 radical (unpaired) electrons. The minimum Gasteiger partial charge on any atom is -0.342 e. The van der Waals surface area contributed by atoms with Gasteiger partial charge >= 0.3 is 0 Å². The van der Waals surface area contributed by atoms with Crippen LogP contribution in [0.3, 0.4) is 0 Å². The highest BCUT2D eigenvalue weighted by Crippen LogP contribution is 2.31. The van der Waals surface area contributed by atoms with Crippen LogP contribution in [0.15, 0.2) is 24.3 Å². The third-order valence-electron chi connectivity index (χ3n) is 5.32. The van der Waals surface area contributed by atoms with Crippen molar-refractivity contribution in [1.29, 1.82) is 0 Å². The summed E-state index contributed by atoms with van der Waals surface area (Å²) in [4.78, 5) is 14.5. The topological polar surface area (TPSA) is 46.3 Å². The Kier molecular flexibility index (Phi) is 4.03. The van der Waals surface area contributed by atoms with Crippen molar-refractivity contribution < 1.29 is 4.79 Å². The molecule has 1 aromatic carbocycles. The predicted molar refractivity (Wildman–Crippen MR) is 84.9 cm³/mol. The molecule has 1 amide bonds. The average molecular weight is 286 g/mol. The van der Waals surface area contributed by atoms with E-state index in [1.807, 2.05) is 4.90 Å². The van der Waals surface area contributed by atoms with Crippen LogP contribution in [0.4, 0.5) is 0 Å². The summed E-state index contributed by atoms with van der Waals surface area (Å²) >= 11 is 0. The maximum absolute atomic E-state index is 12.5.